The Bertz CT molecular complexity index is 653. The normalized spacial score (nSPS) is 11.6. The van der Waals surface area contributed by atoms with Crippen LogP contribution >= 0.6 is 0 Å². The highest BCUT2D eigenvalue weighted by molar-refractivity contribution is 5.74. The quantitative estimate of drug-likeness (QED) is 0.804. The van der Waals surface area contributed by atoms with Gasteiger partial charge in [0.05, 0.1) is 12.6 Å². The second kappa shape index (κ2) is 8.07. The molecule has 1 aromatic carbocycles. The molecule has 2 aromatic rings. The number of aromatic nitrogens is 1. The summed E-state index contributed by atoms with van der Waals surface area (Å²) in [6.45, 7) is 2.22. The number of benzene rings is 1. The van der Waals surface area contributed by atoms with E-state index in [1.54, 1.807) is 12.4 Å². The molecule has 0 fully saturated rings. The minimum Gasteiger partial charge on any atom is -0.492 e. The molecular formula is C16H17F2N3O2. The molecule has 2 N–H and O–H groups in total. The van der Waals surface area contributed by atoms with Crippen LogP contribution in [-0.4, -0.2) is 24.2 Å². The van der Waals surface area contributed by atoms with Gasteiger partial charge in [-0.1, -0.05) is 0 Å². The van der Waals surface area contributed by atoms with Crippen molar-refractivity contribution in [1.29, 1.82) is 0 Å². The summed E-state index contributed by atoms with van der Waals surface area (Å²) in [6, 6.07) is 6.40. The minimum atomic E-state index is -0.973. The van der Waals surface area contributed by atoms with E-state index in [-0.39, 0.29) is 31.0 Å². The first-order chi connectivity index (χ1) is 11.1. The van der Waals surface area contributed by atoms with Crippen LogP contribution in [0.1, 0.15) is 18.5 Å². The number of hydrogen-bond acceptors (Lipinski definition) is 3. The van der Waals surface area contributed by atoms with Crippen molar-refractivity contribution in [1.82, 2.24) is 15.6 Å². The Balaban J connectivity index is 1.69. The topological polar surface area (TPSA) is 63.2 Å². The van der Waals surface area contributed by atoms with Crippen LogP contribution in [0.5, 0.6) is 5.75 Å². The summed E-state index contributed by atoms with van der Waals surface area (Å²) in [4.78, 5) is 15.6. The summed E-state index contributed by atoms with van der Waals surface area (Å²) in [5, 5.41) is 5.39. The minimum absolute atomic E-state index is 0.141. The molecule has 5 nitrogen and oxygen atoms in total. The molecule has 0 aliphatic carbocycles. The lowest BCUT2D eigenvalue weighted by atomic mass is 10.1. The predicted octanol–water partition coefficient (Wildman–Crippen LogP) is 2.80. The van der Waals surface area contributed by atoms with Crippen molar-refractivity contribution < 1.29 is 18.3 Å². The Morgan fingerprint density at radius 3 is 2.65 bits per heavy atom. The number of ether oxygens (including phenoxy) is 1. The summed E-state index contributed by atoms with van der Waals surface area (Å²) >= 11 is 0. The SMILES string of the molecule is C[C@H](NC(=O)NCCOc1ccc(F)c(F)c1)c1ccncc1. The van der Waals surface area contributed by atoms with Crippen LogP contribution in [0.25, 0.3) is 0 Å². The van der Waals surface area contributed by atoms with Gasteiger partial charge >= 0.3 is 6.03 Å². The summed E-state index contributed by atoms with van der Waals surface area (Å²) in [5.74, 6) is -1.70. The first kappa shape index (κ1) is 16.7. The highest BCUT2D eigenvalue weighted by atomic mass is 19.2. The lowest BCUT2D eigenvalue weighted by Gasteiger charge is -2.15. The first-order valence-electron chi connectivity index (χ1n) is 7.08. The number of urea groups is 1. The summed E-state index contributed by atoms with van der Waals surface area (Å²) < 4.78 is 31.0. The van der Waals surface area contributed by atoms with Gasteiger partial charge in [0.25, 0.3) is 0 Å². The van der Waals surface area contributed by atoms with Crippen LogP contribution in [-0.2, 0) is 0 Å². The van der Waals surface area contributed by atoms with Crippen molar-refractivity contribution in [3.05, 3.63) is 59.9 Å². The molecule has 1 heterocycles. The van der Waals surface area contributed by atoms with Gasteiger partial charge in [-0.05, 0) is 36.8 Å². The van der Waals surface area contributed by atoms with Gasteiger partial charge in [-0.2, -0.15) is 0 Å². The van der Waals surface area contributed by atoms with Crippen molar-refractivity contribution >= 4 is 6.03 Å². The van der Waals surface area contributed by atoms with E-state index in [4.69, 9.17) is 4.74 Å². The molecule has 0 saturated carbocycles. The van der Waals surface area contributed by atoms with E-state index in [0.29, 0.717) is 0 Å². The maximum absolute atomic E-state index is 13.0. The number of carbonyl (C=O) groups excluding carboxylic acids is 1. The zero-order valence-corrected chi connectivity index (χ0v) is 12.6. The summed E-state index contributed by atoms with van der Waals surface area (Å²) in [5.41, 5.74) is 0.938. The van der Waals surface area contributed by atoms with Crippen LogP contribution < -0.4 is 15.4 Å². The lowest BCUT2D eigenvalue weighted by molar-refractivity contribution is 0.233. The van der Waals surface area contributed by atoms with Gasteiger partial charge in [-0.25, -0.2) is 13.6 Å². The molecule has 7 heteroatoms. The smallest absolute Gasteiger partial charge is 0.315 e. The van der Waals surface area contributed by atoms with Crippen LogP contribution in [0.15, 0.2) is 42.7 Å². The number of pyridine rings is 1. The highest BCUT2D eigenvalue weighted by Crippen LogP contribution is 2.15. The number of rotatable bonds is 6. The maximum Gasteiger partial charge on any atom is 0.315 e. The van der Waals surface area contributed by atoms with E-state index in [2.05, 4.69) is 15.6 Å². The summed E-state index contributed by atoms with van der Waals surface area (Å²) in [6.07, 6.45) is 3.31. The van der Waals surface area contributed by atoms with Crippen molar-refractivity contribution in [3.63, 3.8) is 0 Å². The molecule has 1 aromatic heterocycles. The van der Waals surface area contributed by atoms with E-state index in [9.17, 15) is 13.6 Å². The van der Waals surface area contributed by atoms with Gasteiger partial charge in [0, 0.05) is 18.5 Å². The zero-order valence-electron chi connectivity index (χ0n) is 12.6. The maximum atomic E-state index is 13.0. The molecule has 0 saturated heterocycles. The van der Waals surface area contributed by atoms with Gasteiger partial charge in [0.1, 0.15) is 12.4 Å². The molecule has 2 rings (SSSR count). The Kier molecular flexibility index (Phi) is 5.85. The average Bonchev–Trinajstić information content (AvgIpc) is 2.55. The fourth-order valence-electron chi connectivity index (χ4n) is 1.88. The van der Waals surface area contributed by atoms with E-state index in [1.807, 2.05) is 19.1 Å². The molecule has 0 aliphatic heterocycles. The number of carbonyl (C=O) groups is 1. The molecule has 1 atom stereocenters. The molecule has 23 heavy (non-hydrogen) atoms. The van der Waals surface area contributed by atoms with E-state index in [0.717, 1.165) is 17.7 Å². The second-order valence-corrected chi connectivity index (χ2v) is 4.83. The fraction of sp³-hybridized carbons (Fsp3) is 0.250. The largest absolute Gasteiger partial charge is 0.492 e. The highest BCUT2D eigenvalue weighted by Gasteiger charge is 2.08. The van der Waals surface area contributed by atoms with Gasteiger partial charge in [0.15, 0.2) is 11.6 Å². The van der Waals surface area contributed by atoms with Crippen molar-refractivity contribution in [3.8, 4) is 5.75 Å². The van der Waals surface area contributed by atoms with Gasteiger partial charge in [0.2, 0.25) is 0 Å². The molecule has 0 radical (unpaired) electrons. The molecular weight excluding hydrogens is 304 g/mol. The number of hydrogen-bond donors (Lipinski definition) is 2. The van der Waals surface area contributed by atoms with Crippen LogP contribution in [0.3, 0.4) is 0 Å². The third kappa shape index (κ3) is 5.21. The monoisotopic (exact) mass is 321 g/mol. The average molecular weight is 321 g/mol. The molecule has 0 unspecified atom stereocenters. The van der Waals surface area contributed by atoms with Crippen molar-refractivity contribution in [2.75, 3.05) is 13.2 Å². The number of nitrogens with one attached hydrogen (secondary N) is 2. The number of halogens is 2. The Morgan fingerprint density at radius 2 is 1.96 bits per heavy atom. The Hall–Kier alpha value is -2.70. The van der Waals surface area contributed by atoms with Crippen LogP contribution in [0.4, 0.5) is 13.6 Å². The lowest BCUT2D eigenvalue weighted by Crippen LogP contribution is -2.38. The van der Waals surface area contributed by atoms with Crippen molar-refractivity contribution in [2.24, 2.45) is 0 Å². The van der Waals surface area contributed by atoms with Gasteiger partial charge in [-0.3, -0.25) is 4.98 Å². The third-order valence-corrected chi connectivity index (χ3v) is 3.10. The Labute approximate surface area is 132 Å². The summed E-state index contributed by atoms with van der Waals surface area (Å²) in [7, 11) is 0. The number of nitrogens with zero attached hydrogens (tertiary/aromatic N) is 1. The number of amides is 2. The molecule has 122 valence electrons. The molecule has 0 aliphatic rings. The zero-order chi connectivity index (χ0) is 16.7. The second-order valence-electron chi connectivity index (χ2n) is 4.83. The Morgan fingerprint density at radius 1 is 1.22 bits per heavy atom. The molecule has 0 spiro atoms. The predicted molar refractivity (Wildman–Crippen MR) is 81.0 cm³/mol. The van der Waals surface area contributed by atoms with Crippen LogP contribution in [0.2, 0.25) is 0 Å². The van der Waals surface area contributed by atoms with E-state index >= 15 is 0 Å². The third-order valence-electron chi connectivity index (χ3n) is 3.10. The fourth-order valence-corrected chi connectivity index (χ4v) is 1.88. The standard InChI is InChI=1S/C16H17F2N3O2/c1-11(12-4-6-19-7-5-12)21-16(22)20-8-9-23-13-2-3-14(17)15(18)10-13/h2-7,10-11H,8-9H2,1H3,(H2,20,21,22)/t11-/m0/s1. The molecule has 2 amide bonds. The van der Waals surface area contributed by atoms with Crippen molar-refractivity contribution in [2.45, 2.75) is 13.0 Å². The first-order valence-corrected chi connectivity index (χ1v) is 7.08. The van der Waals surface area contributed by atoms with E-state index < -0.39 is 11.6 Å². The van der Waals surface area contributed by atoms with Crippen LogP contribution in [0, 0.1) is 11.6 Å². The van der Waals surface area contributed by atoms with E-state index in [1.165, 1.54) is 6.07 Å². The molecule has 0 bridgehead atoms. The van der Waals surface area contributed by atoms with Gasteiger partial charge in [-0.15, -0.1) is 0 Å². The van der Waals surface area contributed by atoms with Gasteiger partial charge < -0.3 is 15.4 Å².